The van der Waals surface area contributed by atoms with E-state index in [2.05, 4.69) is 10.6 Å². The summed E-state index contributed by atoms with van der Waals surface area (Å²) in [4.78, 5) is 39.4. The minimum Gasteiger partial charge on any atom is -0.505 e. The van der Waals surface area contributed by atoms with E-state index in [1.165, 1.54) is 31.1 Å². The van der Waals surface area contributed by atoms with Gasteiger partial charge in [0.25, 0.3) is 17.0 Å². The molecule has 30 heavy (non-hydrogen) atoms. The van der Waals surface area contributed by atoms with E-state index in [0.29, 0.717) is 0 Å². The zero-order valence-corrected chi connectivity index (χ0v) is 18.1. The van der Waals surface area contributed by atoms with Crippen LogP contribution in [0.4, 0.5) is 17.1 Å². The third-order valence-electron chi connectivity index (χ3n) is 4.98. The number of para-hydroxylation sites is 1. The Morgan fingerprint density at radius 2 is 1.67 bits per heavy atom. The molecule has 1 aromatic carbocycles. The quantitative estimate of drug-likeness (QED) is 0.485. The second kappa shape index (κ2) is 9.04. The lowest BCUT2D eigenvalue weighted by atomic mass is 10.1. The molecular formula is C20H29N5O5. The van der Waals surface area contributed by atoms with Gasteiger partial charge in [-0.25, -0.2) is 9.36 Å². The molecule has 4 N–H and O–H groups in total. The molecule has 2 rings (SSSR count). The van der Waals surface area contributed by atoms with Gasteiger partial charge < -0.3 is 25.7 Å². The third-order valence-corrected chi connectivity index (χ3v) is 4.98. The van der Waals surface area contributed by atoms with Crippen LogP contribution in [0.3, 0.4) is 0 Å². The number of phenols is 1. The van der Waals surface area contributed by atoms with Gasteiger partial charge in [0.1, 0.15) is 11.4 Å². The number of carbonyl (C=O) groups is 1. The molecular weight excluding hydrogens is 390 g/mol. The maximum atomic E-state index is 12.9. The smallest absolute Gasteiger partial charge is 0.290 e. The first-order valence-corrected chi connectivity index (χ1v) is 9.49. The van der Waals surface area contributed by atoms with Crippen LogP contribution in [-0.2, 0) is 14.1 Å². The largest absolute Gasteiger partial charge is 0.505 e. The molecule has 10 nitrogen and oxygen atoms in total. The van der Waals surface area contributed by atoms with Gasteiger partial charge in [-0.2, -0.15) is 0 Å². The molecule has 0 aliphatic heterocycles. The fourth-order valence-electron chi connectivity index (χ4n) is 2.86. The minimum absolute atomic E-state index is 0.0222. The molecule has 10 heteroatoms. The Balaban J connectivity index is 2.65. The molecule has 164 valence electrons. The zero-order chi connectivity index (χ0) is 22.7. The molecule has 2 aromatic rings. The first-order valence-electron chi connectivity index (χ1n) is 9.49. The lowest BCUT2D eigenvalue weighted by Crippen LogP contribution is -2.41. The molecule has 0 radical (unpaired) electrons. The maximum absolute atomic E-state index is 12.9. The average molecular weight is 419 g/mol. The van der Waals surface area contributed by atoms with Gasteiger partial charge in [0, 0.05) is 28.2 Å². The molecule has 0 aliphatic rings. The first kappa shape index (κ1) is 23.0. The van der Waals surface area contributed by atoms with Gasteiger partial charge in [-0.05, 0) is 18.1 Å². The summed E-state index contributed by atoms with van der Waals surface area (Å²) in [5.41, 5.74) is -0.985. The third kappa shape index (κ3) is 4.33. The summed E-state index contributed by atoms with van der Waals surface area (Å²) in [6.45, 7) is 3.50. The number of amides is 1. The fraction of sp³-hybridized carbons (Fsp3) is 0.450. The Morgan fingerprint density at radius 1 is 1.10 bits per heavy atom. The summed E-state index contributed by atoms with van der Waals surface area (Å²) in [7, 11) is 6.01. The highest BCUT2D eigenvalue weighted by atomic mass is 16.3. The van der Waals surface area contributed by atoms with Crippen LogP contribution >= 0.6 is 0 Å². The minimum atomic E-state index is -0.524. The van der Waals surface area contributed by atoms with E-state index in [9.17, 15) is 24.6 Å². The number of rotatable bonds is 7. The van der Waals surface area contributed by atoms with Crippen molar-refractivity contribution in [3.63, 3.8) is 0 Å². The van der Waals surface area contributed by atoms with Gasteiger partial charge in [-0.15, -0.1) is 0 Å². The van der Waals surface area contributed by atoms with E-state index in [1.54, 1.807) is 20.2 Å². The van der Waals surface area contributed by atoms with Crippen LogP contribution in [0.5, 0.6) is 5.75 Å². The van der Waals surface area contributed by atoms with Crippen molar-refractivity contribution in [3.05, 3.63) is 44.5 Å². The first-order chi connectivity index (χ1) is 14.0. The van der Waals surface area contributed by atoms with Crippen molar-refractivity contribution in [2.75, 3.05) is 31.3 Å². The standard InChI is InChI=1S/C20H29N5O5/c1-11(2)14(10-26)22-16-15(19(29)24(5)25(6)20(16)30)21-13-9-7-8-12(17(13)27)18(28)23(3)4/h7-9,11,14,21-22,26-27H,10H2,1-6H3/t14-/m0/s1. The summed E-state index contributed by atoms with van der Waals surface area (Å²) in [5.74, 6) is -0.773. The SMILES string of the molecule is CC(C)[C@H](CO)Nc1c(Nc2cccc(C(=O)N(C)C)c2O)c(=O)n(C)n(C)c1=O. The van der Waals surface area contributed by atoms with Crippen LogP contribution in [-0.4, -0.2) is 57.1 Å². The van der Waals surface area contributed by atoms with Gasteiger partial charge >= 0.3 is 0 Å². The topological polar surface area (TPSA) is 129 Å². The molecule has 1 atom stereocenters. The molecule has 0 fully saturated rings. The van der Waals surface area contributed by atoms with Crippen molar-refractivity contribution in [2.45, 2.75) is 19.9 Å². The van der Waals surface area contributed by atoms with Crippen molar-refractivity contribution >= 4 is 23.0 Å². The van der Waals surface area contributed by atoms with Gasteiger partial charge in [-0.1, -0.05) is 19.9 Å². The van der Waals surface area contributed by atoms with E-state index >= 15 is 0 Å². The predicted molar refractivity (Wildman–Crippen MR) is 116 cm³/mol. The van der Waals surface area contributed by atoms with Gasteiger partial charge in [0.15, 0.2) is 5.75 Å². The summed E-state index contributed by atoms with van der Waals surface area (Å²) < 4.78 is 2.28. The second-order valence-electron chi connectivity index (χ2n) is 7.61. The number of aliphatic hydroxyl groups is 1. The van der Waals surface area contributed by atoms with Crippen molar-refractivity contribution in [3.8, 4) is 5.75 Å². The number of phenolic OH excluding ortho intramolecular Hbond substituents is 1. The Bertz CT molecular complexity index is 1050. The summed E-state index contributed by atoms with van der Waals surface area (Å²) >= 11 is 0. The number of benzene rings is 1. The molecule has 0 saturated carbocycles. The Hall–Kier alpha value is -3.27. The molecule has 0 saturated heterocycles. The van der Waals surface area contributed by atoms with E-state index < -0.39 is 23.1 Å². The lowest BCUT2D eigenvalue weighted by Gasteiger charge is -2.24. The van der Waals surface area contributed by atoms with Gasteiger partial charge in [0.05, 0.1) is 23.9 Å². The predicted octanol–water partition coefficient (Wildman–Crippen LogP) is 0.664. The number of nitrogens with one attached hydrogen (secondary N) is 2. The van der Waals surface area contributed by atoms with E-state index in [0.717, 1.165) is 9.36 Å². The van der Waals surface area contributed by atoms with E-state index in [1.807, 2.05) is 13.8 Å². The van der Waals surface area contributed by atoms with Gasteiger partial charge in [-0.3, -0.25) is 14.4 Å². The zero-order valence-electron chi connectivity index (χ0n) is 18.1. The monoisotopic (exact) mass is 419 g/mol. The lowest BCUT2D eigenvalue weighted by molar-refractivity contribution is 0.0824. The molecule has 0 unspecified atom stereocenters. The van der Waals surface area contributed by atoms with E-state index in [4.69, 9.17) is 0 Å². The van der Waals surface area contributed by atoms with Crippen LogP contribution < -0.4 is 21.8 Å². The number of anilines is 3. The number of aliphatic hydroxyl groups excluding tert-OH is 1. The van der Waals surface area contributed by atoms with Crippen LogP contribution in [0.25, 0.3) is 0 Å². The summed E-state index contributed by atoms with van der Waals surface area (Å²) in [5, 5.41) is 26.0. The Morgan fingerprint density at radius 3 is 2.17 bits per heavy atom. The van der Waals surface area contributed by atoms with Crippen molar-refractivity contribution in [1.82, 2.24) is 14.3 Å². The number of nitrogens with zero attached hydrogens (tertiary/aromatic N) is 3. The maximum Gasteiger partial charge on any atom is 0.290 e. The molecule has 1 heterocycles. The number of aromatic nitrogens is 2. The van der Waals surface area contributed by atoms with Gasteiger partial charge in [0.2, 0.25) is 0 Å². The number of hydrogen-bond donors (Lipinski definition) is 4. The average Bonchev–Trinajstić information content (AvgIpc) is 2.70. The molecule has 1 aromatic heterocycles. The normalized spacial score (nSPS) is 12.0. The van der Waals surface area contributed by atoms with Crippen LogP contribution in [0.15, 0.2) is 27.8 Å². The van der Waals surface area contributed by atoms with Crippen molar-refractivity contribution < 1.29 is 15.0 Å². The number of aromatic hydroxyl groups is 1. The highest BCUT2D eigenvalue weighted by Crippen LogP contribution is 2.31. The molecule has 0 bridgehead atoms. The highest BCUT2D eigenvalue weighted by molar-refractivity contribution is 5.98. The molecule has 0 aliphatic carbocycles. The van der Waals surface area contributed by atoms with Crippen molar-refractivity contribution in [1.29, 1.82) is 0 Å². The number of carbonyl (C=O) groups excluding carboxylic acids is 1. The van der Waals surface area contributed by atoms with Crippen LogP contribution in [0, 0.1) is 5.92 Å². The molecule has 1 amide bonds. The summed E-state index contributed by atoms with van der Waals surface area (Å²) in [6, 6.07) is 4.04. The van der Waals surface area contributed by atoms with Crippen LogP contribution in [0.2, 0.25) is 0 Å². The highest BCUT2D eigenvalue weighted by Gasteiger charge is 2.23. The van der Waals surface area contributed by atoms with Crippen molar-refractivity contribution in [2.24, 2.45) is 20.0 Å². The second-order valence-corrected chi connectivity index (χ2v) is 7.61. The fourth-order valence-corrected chi connectivity index (χ4v) is 2.86. The summed E-state index contributed by atoms with van der Waals surface area (Å²) in [6.07, 6.45) is 0. The number of hydrogen-bond acceptors (Lipinski definition) is 7. The Kier molecular flexibility index (Phi) is 6.93. The Labute approximate surface area is 174 Å². The van der Waals surface area contributed by atoms with Crippen LogP contribution in [0.1, 0.15) is 24.2 Å². The van der Waals surface area contributed by atoms with E-state index in [-0.39, 0.29) is 40.9 Å². The molecule has 0 spiro atoms.